The van der Waals surface area contributed by atoms with E-state index >= 15 is 0 Å². The summed E-state index contributed by atoms with van der Waals surface area (Å²) in [5.41, 5.74) is 0. The van der Waals surface area contributed by atoms with E-state index in [1.165, 1.54) is 43.1 Å². The molecule has 0 heterocycles. The largest absolute Gasteiger partial charge is 4.00 e. The van der Waals surface area contributed by atoms with E-state index in [0.717, 1.165) is 0 Å². The zero-order valence-corrected chi connectivity index (χ0v) is 20.9. The first-order valence-corrected chi connectivity index (χ1v) is 8.96. The third kappa shape index (κ3) is 4.72. The Morgan fingerprint density at radius 1 is 0.367 bits per heavy atom. The molecule has 0 bridgehead atoms. The molecule has 0 spiro atoms. The molecule has 0 N–H and O–H groups in total. The number of rotatable bonds is 0. The van der Waals surface area contributed by atoms with E-state index in [2.05, 4.69) is 109 Å². The van der Waals surface area contributed by atoms with E-state index in [1.54, 1.807) is 0 Å². The molecule has 6 aromatic carbocycles. The normalized spacial score (nSPS) is 9.60. The average molecular weight is 480 g/mol. The van der Waals surface area contributed by atoms with Crippen LogP contribution >= 0.6 is 0 Å². The topological polar surface area (TPSA) is 0 Å². The predicted octanol–water partition coefficient (Wildman–Crippen LogP) is 7.94. The van der Waals surface area contributed by atoms with Crippen molar-refractivity contribution in [2.45, 2.75) is 0 Å². The molecule has 6 aromatic rings. The van der Waals surface area contributed by atoms with E-state index < -0.39 is 0 Å². The number of benzene rings is 4. The van der Waals surface area contributed by atoms with Gasteiger partial charge in [0, 0.05) is 11.0 Å². The van der Waals surface area contributed by atoms with Crippen LogP contribution in [-0.2, 0) is 26.2 Å². The van der Waals surface area contributed by atoms with Crippen molar-refractivity contribution < 1.29 is 26.2 Å². The number of hydrogen-bond acceptors (Lipinski definition) is 0. The molecular formula is C28H24SiZr. The fourth-order valence-electron chi connectivity index (χ4n) is 3.81. The Bertz CT molecular complexity index is 1130. The fourth-order valence-corrected chi connectivity index (χ4v) is 3.81. The van der Waals surface area contributed by atoms with Gasteiger partial charge in [-0.1, -0.05) is 72.8 Å². The minimum atomic E-state index is 0. The Labute approximate surface area is 203 Å². The summed E-state index contributed by atoms with van der Waals surface area (Å²) < 4.78 is 0. The summed E-state index contributed by atoms with van der Waals surface area (Å²) in [6, 6.07) is 38.5. The average Bonchev–Trinajstić information content (AvgIpc) is 3.27. The molecule has 0 aromatic heterocycles. The summed E-state index contributed by atoms with van der Waals surface area (Å²) in [7, 11) is 0. The quantitative estimate of drug-likeness (QED) is 0.153. The molecule has 6 rings (SSSR count). The molecule has 0 saturated carbocycles. The molecule has 0 nitrogen and oxygen atoms in total. The SMILES string of the molecule is [CH3-].[CH3-].[Si].[Zr+4].c1ccc2c(c1)[cH-]c1ccccc12.c1ccc2c(c1)[cH-]c1ccccc12. The van der Waals surface area contributed by atoms with Gasteiger partial charge in [-0.25, -0.2) is 0 Å². The molecule has 2 heteroatoms. The van der Waals surface area contributed by atoms with Gasteiger partial charge in [0.05, 0.1) is 0 Å². The maximum absolute atomic E-state index is 2.24. The van der Waals surface area contributed by atoms with Crippen LogP contribution in [0.25, 0.3) is 43.1 Å². The van der Waals surface area contributed by atoms with Crippen LogP contribution in [-0.4, -0.2) is 11.0 Å². The molecule has 0 amide bonds. The second-order valence-electron chi connectivity index (χ2n) is 6.64. The summed E-state index contributed by atoms with van der Waals surface area (Å²) in [4.78, 5) is 0. The Morgan fingerprint density at radius 3 is 0.800 bits per heavy atom. The zero-order chi connectivity index (χ0) is 17.3. The van der Waals surface area contributed by atoms with Gasteiger partial charge in [0.2, 0.25) is 0 Å². The molecular weight excluding hydrogens is 456 g/mol. The molecule has 0 aliphatic heterocycles. The van der Waals surface area contributed by atoms with Crippen molar-refractivity contribution in [3.05, 3.63) is 124 Å². The van der Waals surface area contributed by atoms with Gasteiger partial charge in [-0.05, 0) is 0 Å². The van der Waals surface area contributed by atoms with E-state index in [9.17, 15) is 0 Å². The van der Waals surface area contributed by atoms with Crippen molar-refractivity contribution in [3.63, 3.8) is 0 Å². The van der Waals surface area contributed by atoms with Crippen molar-refractivity contribution >= 4 is 54.1 Å². The van der Waals surface area contributed by atoms with Gasteiger partial charge in [0.1, 0.15) is 0 Å². The first-order valence-electron chi connectivity index (χ1n) is 8.96. The Morgan fingerprint density at radius 2 is 0.567 bits per heavy atom. The maximum Gasteiger partial charge on any atom is 4.00 e. The number of hydrogen-bond donors (Lipinski definition) is 0. The zero-order valence-electron chi connectivity index (χ0n) is 17.4. The molecule has 0 fully saturated rings. The second kappa shape index (κ2) is 11.2. The van der Waals surface area contributed by atoms with Crippen molar-refractivity contribution in [3.8, 4) is 0 Å². The van der Waals surface area contributed by atoms with Gasteiger partial charge in [-0.15, -0.1) is 79.5 Å². The maximum atomic E-state index is 2.24. The minimum absolute atomic E-state index is 0. The smallest absolute Gasteiger partial charge is 0.358 e. The minimum Gasteiger partial charge on any atom is -0.358 e. The van der Waals surface area contributed by atoms with Crippen molar-refractivity contribution in [2.75, 3.05) is 0 Å². The first-order chi connectivity index (χ1) is 12.9. The van der Waals surface area contributed by atoms with E-state index in [-0.39, 0.29) is 52.0 Å². The molecule has 0 unspecified atom stereocenters. The van der Waals surface area contributed by atoms with E-state index in [1.807, 2.05) is 0 Å². The van der Waals surface area contributed by atoms with Gasteiger partial charge < -0.3 is 14.9 Å². The van der Waals surface area contributed by atoms with Crippen molar-refractivity contribution in [2.24, 2.45) is 0 Å². The molecule has 0 aliphatic carbocycles. The second-order valence-corrected chi connectivity index (χ2v) is 6.64. The third-order valence-corrected chi connectivity index (χ3v) is 5.05. The van der Waals surface area contributed by atoms with Crippen LogP contribution in [0.1, 0.15) is 0 Å². The summed E-state index contributed by atoms with van der Waals surface area (Å²) in [5, 5.41) is 10.8. The van der Waals surface area contributed by atoms with Crippen molar-refractivity contribution in [1.29, 1.82) is 0 Å². The summed E-state index contributed by atoms with van der Waals surface area (Å²) >= 11 is 0. The third-order valence-electron chi connectivity index (χ3n) is 5.05. The van der Waals surface area contributed by atoms with Gasteiger partial charge in [-0.2, -0.15) is 0 Å². The number of fused-ring (bicyclic) bond motifs is 6. The van der Waals surface area contributed by atoms with Crippen LogP contribution in [0.15, 0.2) is 109 Å². The summed E-state index contributed by atoms with van der Waals surface area (Å²) in [6.07, 6.45) is 0. The van der Waals surface area contributed by atoms with Crippen LogP contribution in [0.3, 0.4) is 0 Å². The summed E-state index contributed by atoms with van der Waals surface area (Å²) in [6.45, 7) is 0. The van der Waals surface area contributed by atoms with Crippen LogP contribution in [0.2, 0.25) is 0 Å². The predicted molar refractivity (Wildman–Crippen MR) is 133 cm³/mol. The van der Waals surface area contributed by atoms with E-state index in [0.29, 0.717) is 0 Å². The molecule has 0 saturated heterocycles. The van der Waals surface area contributed by atoms with E-state index in [4.69, 9.17) is 0 Å². The fraction of sp³-hybridized carbons (Fsp3) is 0. The van der Waals surface area contributed by atoms with Gasteiger partial charge in [-0.3, -0.25) is 0 Å². The van der Waals surface area contributed by atoms with Gasteiger partial charge >= 0.3 is 26.2 Å². The van der Waals surface area contributed by atoms with Gasteiger partial charge in [0.15, 0.2) is 0 Å². The molecule has 30 heavy (non-hydrogen) atoms. The molecule has 144 valence electrons. The molecule has 4 radical (unpaired) electrons. The Kier molecular flexibility index (Phi) is 9.62. The van der Waals surface area contributed by atoms with Crippen molar-refractivity contribution in [1.82, 2.24) is 0 Å². The van der Waals surface area contributed by atoms with Crippen LogP contribution in [0.5, 0.6) is 0 Å². The Balaban J connectivity index is 0.000000265. The Hall–Kier alpha value is -2.28. The molecule has 0 aliphatic rings. The van der Waals surface area contributed by atoms with Crippen LogP contribution < -0.4 is 0 Å². The standard InChI is InChI=1S/2C13H9.2CH3.Si.Zr/c2*1-3-7-12-10(5-1)9-11-6-2-4-8-13(11)12;;;;/h2*1-9H;2*1H3;;/q4*-1;;+4. The monoisotopic (exact) mass is 478 g/mol. The van der Waals surface area contributed by atoms with Gasteiger partial charge in [0.25, 0.3) is 0 Å². The molecule has 0 atom stereocenters. The van der Waals surface area contributed by atoms with Crippen LogP contribution in [0.4, 0.5) is 0 Å². The first kappa shape index (κ1) is 25.8. The van der Waals surface area contributed by atoms with Crippen LogP contribution in [0, 0.1) is 14.9 Å². The summed E-state index contributed by atoms with van der Waals surface area (Å²) in [5.74, 6) is 0.